The largest absolute Gasteiger partial charge is 0.466 e. The first-order chi connectivity index (χ1) is 10.1. The highest BCUT2D eigenvalue weighted by Gasteiger charge is 2.07. The minimum atomic E-state index is -0.126. The predicted octanol–water partition coefficient (Wildman–Crippen LogP) is 4.26. The minimum absolute atomic E-state index is 0.122. The number of esters is 2. The molecule has 0 aliphatic carbocycles. The van der Waals surface area contributed by atoms with E-state index >= 15 is 0 Å². The van der Waals surface area contributed by atoms with Crippen molar-refractivity contribution in [3.05, 3.63) is 0 Å². The molecule has 0 heterocycles. The maximum atomic E-state index is 11.5. The number of carbonyl (C=O) groups excluding carboxylic acids is 2. The average Bonchev–Trinajstić information content (AvgIpc) is 2.45. The fourth-order valence-electron chi connectivity index (χ4n) is 2.00. The topological polar surface area (TPSA) is 52.6 Å². The van der Waals surface area contributed by atoms with Crippen LogP contribution in [0, 0.1) is 5.92 Å². The molecule has 0 spiro atoms. The average molecular weight is 300 g/mol. The van der Waals surface area contributed by atoms with Gasteiger partial charge in [-0.3, -0.25) is 9.59 Å². The molecule has 0 aliphatic heterocycles. The second kappa shape index (κ2) is 13.9. The second-order valence-corrected chi connectivity index (χ2v) is 5.71. The summed E-state index contributed by atoms with van der Waals surface area (Å²) in [5.74, 6) is 0.194. The van der Waals surface area contributed by atoms with Crippen LogP contribution in [0.2, 0.25) is 0 Å². The van der Waals surface area contributed by atoms with Gasteiger partial charge in [0.15, 0.2) is 0 Å². The maximum absolute atomic E-state index is 11.5. The van der Waals surface area contributed by atoms with E-state index in [0.717, 1.165) is 44.9 Å². The van der Waals surface area contributed by atoms with Crippen molar-refractivity contribution in [2.45, 2.75) is 78.6 Å². The van der Waals surface area contributed by atoms with Crippen molar-refractivity contribution in [3.8, 4) is 0 Å². The molecule has 124 valence electrons. The third-order valence-corrected chi connectivity index (χ3v) is 3.33. The van der Waals surface area contributed by atoms with Gasteiger partial charge >= 0.3 is 11.9 Å². The van der Waals surface area contributed by atoms with Gasteiger partial charge in [0.2, 0.25) is 0 Å². The van der Waals surface area contributed by atoms with E-state index in [-0.39, 0.29) is 11.9 Å². The highest BCUT2D eigenvalue weighted by molar-refractivity contribution is 5.69. The number of hydrogen-bond donors (Lipinski definition) is 0. The molecule has 0 aromatic rings. The van der Waals surface area contributed by atoms with Crippen molar-refractivity contribution in [1.29, 1.82) is 0 Å². The molecule has 0 aromatic carbocycles. The fourth-order valence-corrected chi connectivity index (χ4v) is 2.00. The Morgan fingerprint density at radius 2 is 1.48 bits per heavy atom. The highest BCUT2D eigenvalue weighted by atomic mass is 16.5. The molecule has 1 unspecified atom stereocenters. The molecule has 0 bridgehead atoms. The summed E-state index contributed by atoms with van der Waals surface area (Å²) in [6.45, 7) is 7.34. The highest BCUT2D eigenvalue weighted by Crippen LogP contribution is 2.08. The maximum Gasteiger partial charge on any atom is 0.305 e. The zero-order chi connectivity index (χ0) is 15.9. The van der Waals surface area contributed by atoms with Crippen LogP contribution in [0.25, 0.3) is 0 Å². The van der Waals surface area contributed by atoms with E-state index < -0.39 is 0 Å². The quantitative estimate of drug-likeness (QED) is 0.377. The summed E-state index contributed by atoms with van der Waals surface area (Å²) in [5, 5.41) is 0. The summed E-state index contributed by atoms with van der Waals surface area (Å²) in [6, 6.07) is 0. The Kier molecular flexibility index (Phi) is 13.2. The van der Waals surface area contributed by atoms with E-state index in [4.69, 9.17) is 9.47 Å². The van der Waals surface area contributed by atoms with Gasteiger partial charge in [-0.1, -0.05) is 40.0 Å². The summed E-state index contributed by atoms with van der Waals surface area (Å²) < 4.78 is 10.3. The third kappa shape index (κ3) is 13.7. The van der Waals surface area contributed by atoms with Crippen LogP contribution in [-0.4, -0.2) is 25.2 Å². The predicted molar refractivity (Wildman–Crippen MR) is 84.0 cm³/mol. The molecule has 0 aliphatic rings. The first-order valence-electron chi connectivity index (χ1n) is 8.41. The normalized spacial score (nSPS) is 12.0. The van der Waals surface area contributed by atoms with Gasteiger partial charge in [0.25, 0.3) is 0 Å². The van der Waals surface area contributed by atoms with E-state index in [1.54, 1.807) is 0 Å². The van der Waals surface area contributed by atoms with Gasteiger partial charge in [0, 0.05) is 12.8 Å². The van der Waals surface area contributed by atoms with E-state index in [2.05, 4.69) is 20.8 Å². The Morgan fingerprint density at radius 3 is 2.05 bits per heavy atom. The van der Waals surface area contributed by atoms with Gasteiger partial charge in [-0.05, 0) is 31.6 Å². The van der Waals surface area contributed by atoms with Crippen molar-refractivity contribution in [1.82, 2.24) is 0 Å². The third-order valence-electron chi connectivity index (χ3n) is 3.33. The Morgan fingerprint density at radius 1 is 0.857 bits per heavy atom. The number of ether oxygens (including phenoxy) is 2. The lowest BCUT2D eigenvalue weighted by molar-refractivity contribution is -0.145. The van der Waals surface area contributed by atoms with Gasteiger partial charge in [-0.25, -0.2) is 0 Å². The van der Waals surface area contributed by atoms with Gasteiger partial charge in [-0.15, -0.1) is 0 Å². The van der Waals surface area contributed by atoms with Crippen LogP contribution < -0.4 is 0 Å². The zero-order valence-electron chi connectivity index (χ0n) is 14.0. The van der Waals surface area contributed by atoms with Crippen LogP contribution in [-0.2, 0) is 19.1 Å². The van der Waals surface area contributed by atoms with Gasteiger partial charge < -0.3 is 9.47 Å². The molecule has 0 rings (SSSR count). The summed E-state index contributed by atoms with van der Waals surface area (Å²) >= 11 is 0. The Balaban J connectivity index is 3.41. The molecule has 0 amide bonds. The molecule has 21 heavy (non-hydrogen) atoms. The molecule has 4 heteroatoms. The van der Waals surface area contributed by atoms with Crippen LogP contribution in [0.1, 0.15) is 78.6 Å². The number of unbranched alkanes of at least 4 members (excludes halogenated alkanes) is 3. The smallest absolute Gasteiger partial charge is 0.305 e. The second-order valence-electron chi connectivity index (χ2n) is 5.71. The Labute approximate surface area is 129 Å². The number of hydrogen-bond acceptors (Lipinski definition) is 4. The lowest BCUT2D eigenvalue weighted by atomic mass is 10.1. The summed E-state index contributed by atoms with van der Waals surface area (Å²) in [4.78, 5) is 22.8. The van der Waals surface area contributed by atoms with Crippen molar-refractivity contribution in [2.75, 3.05) is 13.2 Å². The van der Waals surface area contributed by atoms with Gasteiger partial charge in [-0.2, -0.15) is 0 Å². The first-order valence-corrected chi connectivity index (χ1v) is 8.41. The monoisotopic (exact) mass is 300 g/mol. The molecule has 0 saturated carbocycles. The van der Waals surface area contributed by atoms with E-state index in [1.165, 1.54) is 0 Å². The fraction of sp³-hybridized carbons (Fsp3) is 0.882. The Bertz CT molecular complexity index is 276. The summed E-state index contributed by atoms with van der Waals surface area (Å²) in [5.41, 5.74) is 0. The molecule has 0 N–H and O–H groups in total. The van der Waals surface area contributed by atoms with Crippen LogP contribution in [0.3, 0.4) is 0 Å². The number of carbonyl (C=O) groups is 2. The molecule has 0 aromatic heterocycles. The van der Waals surface area contributed by atoms with E-state index in [1.807, 2.05) is 0 Å². The first kappa shape index (κ1) is 19.9. The molecular weight excluding hydrogens is 268 g/mol. The van der Waals surface area contributed by atoms with Gasteiger partial charge in [0.1, 0.15) is 0 Å². The van der Waals surface area contributed by atoms with Crippen molar-refractivity contribution in [3.63, 3.8) is 0 Å². The van der Waals surface area contributed by atoms with E-state index in [9.17, 15) is 9.59 Å². The lowest BCUT2D eigenvalue weighted by Gasteiger charge is -2.10. The van der Waals surface area contributed by atoms with Crippen molar-refractivity contribution < 1.29 is 19.1 Å². The van der Waals surface area contributed by atoms with E-state index in [0.29, 0.717) is 32.0 Å². The van der Waals surface area contributed by atoms with Gasteiger partial charge in [0.05, 0.1) is 13.2 Å². The van der Waals surface area contributed by atoms with Crippen LogP contribution >= 0.6 is 0 Å². The summed E-state index contributed by atoms with van der Waals surface area (Å²) in [6.07, 6.45) is 7.49. The molecule has 0 saturated heterocycles. The standard InChI is InChI=1S/C17H32O4/c1-4-6-13-20-16(18)11-8-7-9-12-17(19)21-14-15(3)10-5-2/h15H,4-14H2,1-3H3. The lowest BCUT2D eigenvalue weighted by Crippen LogP contribution is -2.11. The zero-order valence-corrected chi connectivity index (χ0v) is 14.0. The molecule has 4 nitrogen and oxygen atoms in total. The number of rotatable bonds is 13. The minimum Gasteiger partial charge on any atom is -0.466 e. The van der Waals surface area contributed by atoms with Crippen LogP contribution in [0.4, 0.5) is 0 Å². The van der Waals surface area contributed by atoms with Crippen molar-refractivity contribution >= 4 is 11.9 Å². The van der Waals surface area contributed by atoms with Crippen LogP contribution in [0.5, 0.6) is 0 Å². The summed E-state index contributed by atoms with van der Waals surface area (Å²) in [7, 11) is 0. The SMILES string of the molecule is CCCCOC(=O)CCCCCC(=O)OCC(C)CCC. The molecule has 0 radical (unpaired) electrons. The molecule has 0 fully saturated rings. The van der Waals surface area contributed by atoms with Crippen LogP contribution in [0.15, 0.2) is 0 Å². The molecular formula is C17H32O4. The Hall–Kier alpha value is -1.06. The van der Waals surface area contributed by atoms with Crippen molar-refractivity contribution in [2.24, 2.45) is 5.92 Å². The molecule has 1 atom stereocenters.